The van der Waals surface area contributed by atoms with Crippen LogP contribution in [0.4, 0.5) is 5.69 Å². The first-order chi connectivity index (χ1) is 9.72. The molecule has 3 rings (SSSR count). The number of rotatable bonds is 4. The molecule has 0 saturated heterocycles. The topological polar surface area (TPSA) is 68.8 Å². The van der Waals surface area contributed by atoms with Crippen molar-refractivity contribution in [2.75, 3.05) is 5.32 Å². The first-order valence-electron chi connectivity index (χ1n) is 6.04. The van der Waals surface area contributed by atoms with Crippen LogP contribution in [0.1, 0.15) is 11.3 Å². The Morgan fingerprint density at radius 1 is 1.30 bits per heavy atom. The maximum Gasteiger partial charge on any atom is 0.193 e. The van der Waals surface area contributed by atoms with Crippen molar-refractivity contribution in [3.05, 3.63) is 53.2 Å². The lowest BCUT2D eigenvalue weighted by Gasteiger charge is -2.09. The largest absolute Gasteiger partial charge is 0.448 e. The van der Waals surface area contributed by atoms with Gasteiger partial charge in [-0.3, -0.25) is 0 Å². The standard InChI is InChI=1S/C13H12ClN5O/c1-9-6-10(15-7-11-3-5-13(14)20-11)2-4-12(9)19-8-16-17-18-19/h2-6,8,15H,7H2,1H3. The lowest BCUT2D eigenvalue weighted by molar-refractivity contribution is 0.520. The molecule has 0 radical (unpaired) electrons. The minimum absolute atomic E-state index is 0.395. The van der Waals surface area contributed by atoms with E-state index in [2.05, 4.69) is 20.8 Å². The third kappa shape index (κ3) is 2.65. The molecule has 0 bridgehead atoms. The van der Waals surface area contributed by atoms with E-state index in [1.54, 1.807) is 17.1 Å². The number of halogens is 1. The monoisotopic (exact) mass is 289 g/mol. The number of furan rings is 1. The third-order valence-corrected chi connectivity index (χ3v) is 3.09. The predicted molar refractivity (Wildman–Crippen MR) is 74.9 cm³/mol. The molecule has 3 aromatic rings. The molecule has 0 amide bonds. The minimum Gasteiger partial charge on any atom is -0.448 e. The molecule has 0 saturated carbocycles. The number of aromatic nitrogens is 4. The molecule has 1 aromatic carbocycles. The van der Waals surface area contributed by atoms with Crippen molar-refractivity contribution in [3.63, 3.8) is 0 Å². The number of nitrogens with one attached hydrogen (secondary N) is 1. The summed E-state index contributed by atoms with van der Waals surface area (Å²) >= 11 is 5.73. The van der Waals surface area contributed by atoms with Crippen molar-refractivity contribution in [3.8, 4) is 5.69 Å². The summed E-state index contributed by atoms with van der Waals surface area (Å²) in [5.74, 6) is 0.789. The molecule has 0 aliphatic carbocycles. The van der Waals surface area contributed by atoms with Crippen LogP contribution in [-0.4, -0.2) is 20.2 Å². The van der Waals surface area contributed by atoms with Gasteiger partial charge < -0.3 is 9.73 Å². The first-order valence-corrected chi connectivity index (χ1v) is 6.42. The fourth-order valence-corrected chi connectivity index (χ4v) is 2.09. The second-order valence-corrected chi connectivity index (χ2v) is 4.69. The summed E-state index contributed by atoms with van der Waals surface area (Å²) < 4.78 is 6.92. The molecule has 0 unspecified atom stereocenters. The average Bonchev–Trinajstić information content (AvgIpc) is 3.08. The number of nitrogens with zero attached hydrogens (tertiary/aromatic N) is 4. The second-order valence-electron chi connectivity index (χ2n) is 4.32. The zero-order chi connectivity index (χ0) is 13.9. The molecule has 0 spiro atoms. The van der Waals surface area contributed by atoms with Gasteiger partial charge in [-0.15, -0.1) is 5.10 Å². The molecule has 0 aliphatic rings. The highest BCUT2D eigenvalue weighted by atomic mass is 35.5. The van der Waals surface area contributed by atoms with Crippen molar-refractivity contribution in [2.24, 2.45) is 0 Å². The molecule has 1 N–H and O–H groups in total. The number of tetrazole rings is 1. The summed E-state index contributed by atoms with van der Waals surface area (Å²) in [5.41, 5.74) is 3.01. The van der Waals surface area contributed by atoms with Gasteiger partial charge in [0.25, 0.3) is 0 Å². The lowest BCUT2D eigenvalue weighted by Crippen LogP contribution is -2.01. The highest BCUT2D eigenvalue weighted by Crippen LogP contribution is 2.19. The number of anilines is 1. The van der Waals surface area contributed by atoms with Crippen LogP contribution in [0.3, 0.4) is 0 Å². The Morgan fingerprint density at radius 2 is 2.20 bits per heavy atom. The molecule has 0 atom stereocenters. The van der Waals surface area contributed by atoms with Crippen LogP contribution in [0.15, 0.2) is 41.1 Å². The molecule has 2 aromatic heterocycles. The zero-order valence-corrected chi connectivity index (χ0v) is 11.5. The Bertz CT molecular complexity index is 707. The second kappa shape index (κ2) is 5.34. The van der Waals surface area contributed by atoms with E-state index in [-0.39, 0.29) is 0 Å². The zero-order valence-electron chi connectivity index (χ0n) is 10.7. The van der Waals surface area contributed by atoms with Crippen molar-refractivity contribution < 1.29 is 4.42 Å². The highest BCUT2D eigenvalue weighted by molar-refractivity contribution is 6.28. The van der Waals surface area contributed by atoms with Crippen LogP contribution >= 0.6 is 11.6 Å². The van der Waals surface area contributed by atoms with Crippen molar-refractivity contribution in [1.82, 2.24) is 20.2 Å². The van der Waals surface area contributed by atoms with E-state index in [1.165, 1.54) is 0 Å². The molecule has 2 heterocycles. The van der Waals surface area contributed by atoms with E-state index in [0.29, 0.717) is 11.8 Å². The van der Waals surface area contributed by atoms with E-state index in [4.69, 9.17) is 16.0 Å². The van der Waals surface area contributed by atoms with Gasteiger partial charge in [0, 0.05) is 5.69 Å². The van der Waals surface area contributed by atoms with E-state index < -0.39 is 0 Å². The maximum atomic E-state index is 5.73. The number of aryl methyl sites for hydroxylation is 1. The average molecular weight is 290 g/mol. The van der Waals surface area contributed by atoms with Gasteiger partial charge in [-0.05, 0) is 64.8 Å². The van der Waals surface area contributed by atoms with Gasteiger partial charge in [0.2, 0.25) is 0 Å². The summed E-state index contributed by atoms with van der Waals surface area (Å²) in [7, 11) is 0. The smallest absolute Gasteiger partial charge is 0.193 e. The molecule has 102 valence electrons. The quantitative estimate of drug-likeness (QED) is 0.800. The van der Waals surface area contributed by atoms with E-state index in [9.17, 15) is 0 Å². The molecule has 0 aliphatic heterocycles. The summed E-state index contributed by atoms with van der Waals surface area (Å²) in [6, 6.07) is 9.53. The first kappa shape index (κ1) is 12.7. The summed E-state index contributed by atoms with van der Waals surface area (Å²) in [6.07, 6.45) is 1.57. The van der Waals surface area contributed by atoms with Crippen molar-refractivity contribution in [1.29, 1.82) is 0 Å². The Hall–Kier alpha value is -2.34. The van der Waals surface area contributed by atoms with Gasteiger partial charge in [-0.2, -0.15) is 0 Å². The van der Waals surface area contributed by atoms with Gasteiger partial charge >= 0.3 is 0 Å². The minimum atomic E-state index is 0.395. The van der Waals surface area contributed by atoms with Gasteiger partial charge in [-0.25, -0.2) is 4.68 Å². The van der Waals surface area contributed by atoms with Crippen LogP contribution in [0.25, 0.3) is 5.69 Å². The van der Waals surface area contributed by atoms with Crippen LogP contribution in [0.5, 0.6) is 0 Å². The molecular weight excluding hydrogens is 278 g/mol. The fourth-order valence-electron chi connectivity index (χ4n) is 1.93. The maximum absolute atomic E-state index is 5.73. The van der Waals surface area contributed by atoms with E-state index in [0.717, 1.165) is 22.7 Å². The predicted octanol–water partition coefficient (Wildman–Crippen LogP) is 2.83. The number of hydrogen-bond acceptors (Lipinski definition) is 5. The van der Waals surface area contributed by atoms with E-state index >= 15 is 0 Å². The SMILES string of the molecule is Cc1cc(NCc2ccc(Cl)o2)ccc1-n1cnnn1. The molecular formula is C13H12ClN5O. The van der Waals surface area contributed by atoms with Crippen LogP contribution in [-0.2, 0) is 6.54 Å². The number of hydrogen-bond donors (Lipinski definition) is 1. The summed E-state index contributed by atoms with van der Waals surface area (Å²) in [5, 5.41) is 14.8. The fraction of sp³-hybridized carbons (Fsp3) is 0.154. The summed E-state index contributed by atoms with van der Waals surface area (Å²) in [4.78, 5) is 0. The Labute approximate surface area is 120 Å². The number of benzene rings is 1. The van der Waals surface area contributed by atoms with Crippen molar-refractivity contribution in [2.45, 2.75) is 13.5 Å². The van der Waals surface area contributed by atoms with Gasteiger partial charge in [-0.1, -0.05) is 0 Å². The molecule has 0 fully saturated rings. The Morgan fingerprint density at radius 3 is 2.85 bits per heavy atom. The van der Waals surface area contributed by atoms with Gasteiger partial charge in [0.15, 0.2) is 5.22 Å². The highest BCUT2D eigenvalue weighted by Gasteiger charge is 2.04. The van der Waals surface area contributed by atoms with Crippen LogP contribution < -0.4 is 5.32 Å². The van der Waals surface area contributed by atoms with Gasteiger partial charge in [0.05, 0.1) is 12.2 Å². The van der Waals surface area contributed by atoms with E-state index in [1.807, 2.05) is 31.2 Å². The normalized spacial score (nSPS) is 10.7. The molecule has 6 nitrogen and oxygen atoms in total. The van der Waals surface area contributed by atoms with Gasteiger partial charge in [0.1, 0.15) is 12.1 Å². The molecule has 20 heavy (non-hydrogen) atoms. The Kier molecular flexibility index (Phi) is 3.39. The van der Waals surface area contributed by atoms with Crippen LogP contribution in [0, 0.1) is 6.92 Å². The summed E-state index contributed by atoms with van der Waals surface area (Å²) in [6.45, 7) is 2.59. The van der Waals surface area contributed by atoms with Crippen molar-refractivity contribution >= 4 is 17.3 Å². The molecule has 7 heteroatoms. The Balaban J connectivity index is 1.74. The lowest BCUT2D eigenvalue weighted by atomic mass is 10.2. The third-order valence-electron chi connectivity index (χ3n) is 2.89. The van der Waals surface area contributed by atoms with Crippen LogP contribution in [0.2, 0.25) is 5.22 Å².